The molecule has 18 heavy (non-hydrogen) atoms. The number of halogens is 2. The van der Waals surface area contributed by atoms with E-state index in [0.717, 1.165) is 37.7 Å². The third kappa shape index (κ3) is 2.64. The Morgan fingerprint density at radius 1 is 1.33 bits per heavy atom. The molecule has 2 fully saturated rings. The lowest BCUT2D eigenvalue weighted by Crippen LogP contribution is -2.40. The fourth-order valence-corrected chi connectivity index (χ4v) is 3.47. The molecule has 0 bridgehead atoms. The van der Waals surface area contributed by atoms with Gasteiger partial charge in [-0.2, -0.15) is 0 Å². The lowest BCUT2D eigenvalue weighted by Gasteiger charge is -2.24. The highest BCUT2D eigenvalue weighted by Gasteiger charge is 2.34. The third-order valence-corrected chi connectivity index (χ3v) is 4.50. The molecule has 0 amide bonds. The minimum atomic E-state index is 0.459. The predicted molar refractivity (Wildman–Crippen MR) is 74.0 cm³/mol. The summed E-state index contributed by atoms with van der Waals surface area (Å²) in [5.74, 6) is 0.804. The Hall–Kier alpha value is -0.350. The summed E-state index contributed by atoms with van der Waals surface area (Å²) >= 11 is 11.9. The van der Waals surface area contributed by atoms with E-state index in [4.69, 9.17) is 23.2 Å². The van der Waals surface area contributed by atoms with E-state index in [-0.39, 0.29) is 0 Å². The van der Waals surface area contributed by atoms with Gasteiger partial charge in [0.25, 0.3) is 0 Å². The average molecular weight is 286 g/mol. The number of aromatic nitrogens is 1. The molecule has 0 radical (unpaired) electrons. The molecule has 3 heterocycles. The molecule has 2 aliphatic rings. The molecule has 3 nitrogen and oxygen atoms in total. The van der Waals surface area contributed by atoms with Gasteiger partial charge in [-0.1, -0.05) is 29.3 Å². The fraction of sp³-hybridized carbons (Fsp3) is 0.615. The van der Waals surface area contributed by atoms with Gasteiger partial charge in [-0.15, -0.1) is 0 Å². The Labute approximate surface area is 117 Å². The Bertz CT molecular complexity index is 424. The average Bonchev–Trinajstić information content (AvgIpc) is 2.75. The minimum Gasteiger partial charge on any atom is -0.312 e. The maximum absolute atomic E-state index is 6.12. The summed E-state index contributed by atoms with van der Waals surface area (Å²) in [5.41, 5.74) is 1.07. The molecule has 3 rings (SSSR count). The van der Waals surface area contributed by atoms with Gasteiger partial charge in [0, 0.05) is 31.2 Å². The highest BCUT2D eigenvalue weighted by atomic mass is 35.5. The molecule has 2 atom stereocenters. The van der Waals surface area contributed by atoms with E-state index in [0.29, 0.717) is 16.3 Å². The number of hydrogen-bond acceptors (Lipinski definition) is 3. The van der Waals surface area contributed by atoms with Gasteiger partial charge in [-0.25, -0.2) is 4.98 Å². The molecular formula is C13H17Cl2N3. The summed E-state index contributed by atoms with van der Waals surface area (Å²) in [4.78, 5) is 6.56. The van der Waals surface area contributed by atoms with Crippen LogP contribution in [0.2, 0.25) is 10.3 Å². The molecule has 0 spiro atoms. The maximum atomic E-state index is 6.12. The van der Waals surface area contributed by atoms with Crippen molar-refractivity contribution in [1.82, 2.24) is 15.2 Å². The SMILES string of the molecule is Clc1ccc(CN2CC3CCCNC3C2)c(Cl)n1. The van der Waals surface area contributed by atoms with E-state index in [9.17, 15) is 0 Å². The quantitative estimate of drug-likeness (QED) is 0.847. The van der Waals surface area contributed by atoms with Crippen molar-refractivity contribution in [3.63, 3.8) is 0 Å². The van der Waals surface area contributed by atoms with Crippen LogP contribution in [0.3, 0.4) is 0 Å². The Kier molecular flexibility index (Phi) is 3.76. The summed E-state index contributed by atoms with van der Waals surface area (Å²) < 4.78 is 0. The van der Waals surface area contributed by atoms with Crippen molar-refractivity contribution in [1.29, 1.82) is 0 Å². The number of pyridine rings is 1. The van der Waals surface area contributed by atoms with Gasteiger partial charge in [0.1, 0.15) is 10.3 Å². The third-order valence-electron chi connectivity index (χ3n) is 3.96. The number of likely N-dealkylation sites (tertiary alicyclic amines) is 1. The lowest BCUT2D eigenvalue weighted by molar-refractivity contribution is 0.312. The van der Waals surface area contributed by atoms with Crippen molar-refractivity contribution in [3.05, 3.63) is 28.0 Å². The number of hydrogen-bond donors (Lipinski definition) is 1. The van der Waals surface area contributed by atoms with E-state index in [1.807, 2.05) is 12.1 Å². The smallest absolute Gasteiger partial charge is 0.135 e. The molecule has 98 valence electrons. The van der Waals surface area contributed by atoms with Gasteiger partial charge >= 0.3 is 0 Å². The van der Waals surface area contributed by atoms with E-state index in [1.165, 1.54) is 12.8 Å². The summed E-state index contributed by atoms with van der Waals surface area (Å²) in [7, 11) is 0. The van der Waals surface area contributed by atoms with Crippen LogP contribution in [-0.2, 0) is 6.54 Å². The van der Waals surface area contributed by atoms with Gasteiger partial charge in [0.2, 0.25) is 0 Å². The highest BCUT2D eigenvalue weighted by Crippen LogP contribution is 2.27. The first-order valence-electron chi connectivity index (χ1n) is 6.49. The van der Waals surface area contributed by atoms with Crippen molar-refractivity contribution >= 4 is 23.2 Å². The van der Waals surface area contributed by atoms with Gasteiger partial charge in [-0.3, -0.25) is 4.90 Å². The lowest BCUT2D eigenvalue weighted by atomic mass is 9.94. The topological polar surface area (TPSA) is 28.2 Å². The van der Waals surface area contributed by atoms with E-state index in [1.54, 1.807) is 0 Å². The molecule has 1 aromatic heterocycles. The number of piperidine rings is 1. The monoisotopic (exact) mass is 285 g/mol. The van der Waals surface area contributed by atoms with E-state index in [2.05, 4.69) is 15.2 Å². The van der Waals surface area contributed by atoms with Gasteiger partial charge < -0.3 is 5.32 Å². The van der Waals surface area contributed by atoms with Crippen LogP contribution in [0.15, 0.2) is 12.1 Å². The zero-order valence-corrected chi connectivity index (χ0v) is 11.7. The molecule has 1 aromatic rings. The van der Waals surface area contributed by atoms with E-state index >= 15 is 0 Å². The van der Waals surface area contributed by atoms with Crippen molar-refractivity contribution in [2.24, 2.45) is 5.92 Å². The van der Waals surface area contributed by atoms with Crippen LogP contribution >= 0.6 is 23.2 Å². The second-order valence-electron chi connectivity index (χ2n) is 5.24. The van der Waals surface area contributed by atoms with Crippen LogP contribution < -0.4 is 5.32 Å². The molecule has 1 N–H and O–H groups in total. The van der Waals surface area contributed by atoms with Crippen LogP contribution in [0, 0.1) is 5.92 Å². The van der Waals surface area contributed by atoms with Gasteiger partial charge in [0.15, 0.2) is 0 Å². The Balaban J connectivity index is 1.66. The van der Waals surface area contributed by atoms with Crippen LogP contribution in [0.25, 0.3) is 0 Å². The van der Waals surface area contributed by atoms with Crippen molar-refractivity contribution in [3.8, 4) is 0 Å². The largest absolute Gasteiger partial charge is 0.312 e. The van der Waals surface area contributed by atoms with Gasteiger partial charge in [0.05, 0.1) is 0 Å². The standard InChI is InChI=1S/C13H17Cl2N3/c14-12-4-3-10(13(15)17-12)7-18-6-9-2-1-5-16-11(9)8-18/h3-4,9,11,16H,1-2,5-8H2. The maximum Gasteiger partial charge on any atom is 0.135 e. The number of nitrogens with zero attached hydrogens (tertiary/aromatic N) is 2. The zero-order chi connectivity index (χ0) is 12.5. The molecule has 2 saturated heterocycles. The molecule has 0 saturated carbocycles. The second kappa shape index (κ2) is 5.33. The number of fused-ring (bicyclic) bond motifs is 1. The van der Waals surface area contributed by atoms with E-state index < -0.39 is 0 Å². The fourth-order valence-electron chi connectivity index (χ4n) is 3.06. The van der Waals surface area contributed by atoms with Crippen LogP contribution in [-0.4, -0.2) is 35.6 Å². The number of rotatable bonds is 2. The Morgan fingerprint density at radius 3 is 3.00 bits per heavy atom. The summed E-state index contributed by atoms with van der Waals surface area (Å²) in [6, 6.07) is 4.45. The predicted octanol–water partition coefficient (Wildman–Crippen LogP) is 2.57. The van der Waals surface area contributed by atoms with Crippen LogP contribution in [0.1, 0.15) is 18.4 Å². The first-order valence-corrected chi connectivity index (χ1v) is 7.24. The highest BCUT2D eigenvalue weighted by molar-refractivity contribution is 6.32. The van der Waals surface area contributed by atoms with Gasteiger partial charge in [-0.05, 0) is 31.4 Å². The first-order chi connectivity index (χ1) is 8.72. The summed E-state index contributed by atoms with van der Waals surface area (Å²) in [5, 5.41) is 4.60. The Morgan fingerprint density at radius 2 is 2.22 bits per heavy atom. The van der Waals surface area contributed by atoms with Crippen molar-refractivity contribution < 1.29 is 0 Å². The number of nitrogens with one attached hydrogen (secondary N) is 1. The molecule has 2 unspecified atom stereocenters. The molecule has 0 aliphatic carbocycles. The van der Waals surface area contributed by atoms with Crippen molar-refractivity contribution in [2.75, 3.05) is 19.6 Å². The van der Waals surface area contributed by atoms with Crippen LogP contribution in [0.4, 0.5) is 0 Å². The zero-order valence-electron chi connectivity index (χ0n) is 10.2. The molecular weight excluding hydrogens is 269 g/mol. The minimum absolute atomic E-state index is 0.459. The van der Waals surface area contributed by atoms with Crippen molar-refractivity contribution in [2.45, 2.75) is 25.4 Å². The first kappa shape index (κ1) is 12.7. The molecule has 5 heteroatoms. The molecule has 2 aliphatic heterocycles. The molecule has 0 aromatic carbocycles. The normalized spacial score (nSPS) is 28.3. The second-order valence-corrected chi connectivity index (χ2v) is 5.99. The summed E-state index contributed by atoms with van der Waals surface area (Å²) in [6.45, 7) is 4.32. The summed E-state index contributed by atoms with van der Waals surface area (Å²) in [6.07, 6.45) is 2.65. The van der Waals surface area contributed by atoms with Crippen LogP contribution in [0.5, 0.6) is 0 Å².